The highest BCUT2D eigenvalue weighted by Crippen LogP contribution is 2.10. The van der Waals surface area contributed by atoms with E-state index in [9.17, 15) is 9.18 Å². The van der Waals surface area contributed by atoms with E-state index in [2.05, 4.69) is 13.2 Å². The molecule has 0 atom stereocenters. The fraction of sp³-hybridized carbons (Fsp3) is 0. The summed E-state index contributed by atoms with van der Waals surface area (Å²) in [6.45, 7) is 6.55. The minimum absolute atomic E-state index is 0.0760. The summed E-state index contributed by atoms with van der Waals surface area (Å²) in [6.07, 6.45) is 3.66. The van der Waals surface area contributed by atoms with Gasteiger partial charge < -0.3 is 0 Å². The summed E-state index contributed by atoms with van der Waals surface area (Å²) in [4.78, 5) is 10.2. The first-order chi connectivity index (χ1) is 6.19. The van der Waals surface area contributed by atoms with E-state index in [1.807, 2.05) is 0 Å². The van der Waals surface area contributed by atoms with Gasteiger partial charge in [0.15, 0.2) is 0 Å². The number of nitrogens with zero attached hydrogens (tertiary/aromatic N) is 1. The summed E-state index contributed by atoms with van der Waals surface area (Å²) in [5.74, 6) is -0.792. The molecule has 0 unspecified atom stereocenters. The summed E-state index contributed by atoms with van der Waals surface area (Å²) in [7, 11) is 0. The highest BCUT2D eigenvalue weighted by atomic mass is 19.1. The minimum atomic E-state index is -0.792. The fourth-order valence-corrected chi connectivity index (χ4v) is 0.562. The van der Waals surface area contributed by atoms with Gasteiger partial charge in [0.05, 0.1) is 5.57 Å². The van der Waals surface area contributed by atoms with Crippen molar-refractivity contribution in [2.75, 3.05) is 0 Å². The van der Waals surface area contributed by atoms with E-state index in [1.54, 1.807) is 6.07 Å². The van der Waals surface area contributed by atoms with Crippen molar-refractivity contribution in [1.82, 2.24) is 0 Å². The Morgan fingerprint density at radius 3 is 2.31 bits per heavy atom. The molecular formula is C10H8FNO. The lowest BCUT2D eigenvalue weighted by molar-refractivity contribution is -0.104. The first kappa shape index (κ1) is 11.1. The van der Waals surface area contributed by atoms with Crippen LogP contribution in [0.2, 0.25) is 0 Å². The van der Waals surface area contributed by atoms with Crippen LogP contribution in [0.4, 0.5) is 4.39 Å². The van der Waals surface area contributed by atoms with Crippen molar-refractivity contribution < 1.29 is 9.18 Å². The van der Waals surface area contributed by atoms with Crippen LogP contribution in [0.1, 0.15) is 0 Å². The maximum Gasteiger partial charge on any atom is 0.150 e. The number of hydrogen-bond donors (Lipinski definition) is 0. The summed E-state index contributed by atoms with van der Waals surface area (Å²) in [6, 6.07) is 1.60. The Kier molecular flexibility index (Phi) is 4.82. The number of allylic oxidation sites excluding steroid dienone is 6. The second-order valence-corrected chi connectivity index (χ2v) is 2.04. The summed E-state index contributed by atoms with van der Waals surface area (Å²) in [5.41, 5.74) is -0.131. The molecule has 0 bridgehead atoms. The lowest BCUT2D eigenvalue weighted by atomic mass is 10.2. The lowest BCUT2D eigenvalue weighted by Gasteiger charge is -1.90. The predicted octanol–water partition coefficient (Wildman–Crippen LogP) is 2.23. The fourth-order valence-electron chi connectivity index (χ4n) is 0.562. The number of hydrogen-bond acceptors (Lipinski definition) is 2. The van der Waals surface area contributed by atoms with E-state index in [0.29, 0.717) is 6.29 Å². The van der Waals surface area contributed by atoms with Gasteiger partial charge in [-0.3, -0.25) is 4.79 Å². The zero-order chi connectivity index (χ0) is 10.3. The smallest absolute Gasteiger partial charge is 0.150 e. The SMILES string of the molecule is C=C/C(C#N)=C(F)\C=C(/C=C)C=O. The maximum absolute atomic E-state index is 13.0. The van der Waals surface area contributed by atoms with Crippen LogP contribution >= 0.6 is 0 Å². The van der Waals surface area contributed by atoms with Crippen molar-refractivity contribution in [3.05, 3.63) is 48.4 Å². The molecule has 0 aromatic heterocycles. The van der Waals surface area contributed by atoms with E-state index >= 15 is 0 Å². The van der Waals surface area contributed by atoms with Gasteiger partial charge >= 0.3 is 0 Å². The summed E-state index contributed by atoms with van der Waals surface area (Å²) >= 11 is 0. The first-order valence-electron chi connectivity index (χ1n) is 3.41. The molecule has 13 heavy (non-hydrogen) atoms. The third-order valence-corrected chi connectivity index (χ3v) is 1.25. The highest BCUT2D eigenvalue weighted by molar-refractivity contribution is 5.78. The van der Waals surface area contributed by atoms with Crippen LogP contribution in [0.5, 0.6) is 0 Å². The van der Waals surface area contributed by atoms with Gasteiger partial charge in [-0.25, -0.2) is 4.39 Å². The van der Waals surface area contributed by atoms with Crippen molar-refractivity contribution in [3.8, 4) is 6.07 Å². The molecule has 2 nitrogen and oxygen atoms in total. The summed E-state index contributed by atoms with van der Waals surface area (Å²) in [5, 5.41) is 8.39. The first-order valence-corrected chi connectivity index (χ1v) is 3.41. The molecular weight excluding hydrogens is 169 g/mol. The minimum Gasteiger partial charge on any atom is -0.298 e. The molecule has 0 aliphatic rings. The Balaban J connectivity index is 5.10. The molecule has 0 spiro atoms. The van der Waals surface area contributed by atoms with Gasteiger partial charge in [-0.05, 0) is 12.2 Å². The maximum atomic E-state index is 13.0. The van der Waals surface area contributed by atoms with Crippen molar-refractivity contribution in [3.63, 3.8) is 0 Å². The Morgan fingerprint density at radius 1 is 1.38 bits per heavy atom. The highest BCUT2D eigenvalue weighted by Gasteiger charge is 1.99. The average Bonchev–Trinajstić information content (AvgIpc) is 2.16. The molecule has 3 heteroatoms. The predicted molar refractivity (Wildman–Crippen MR) is 48.3 cm³/mol. The van der Waals surface area contributed by atoms with Gasteiger partial charge in [0.2, 0.25) is 0 Å². The number of aldehydes is 1. The van der Waals surface area contributed by atoms with Gasteiger partial charge in [0.1, 0.15) is 18.2 Å². The zero-order valence-electron chi connectivity index (χ0n) is 6.96. The molecule has 0 N–H and O–H groups in total. The molecule has 0 heterocycles. The molecule has 0 aliphatic carbocycles. The Hall–Kier alpha value is -1.95. The number of carbonyl (C=O) groups excluding carboxylic acids is 1. The van der Waals surface area contributed by atoms with E-state index in [1.165, 1.54) is 6.08 Å². The molecule has 66 valence electrons. The van der Waals surface area contributed by atoms with Crippen LogP contribution in [-0.2, 0) is 4.79 Å². The largest absolute Gasteiger partial charge is 0.298 e. The lowest BCUT2D eigenvalue weighted by Crippen LogP contribution is -1.82. The monoisotopic (exact) mass is 177 g/mol. The second-order valence-electron chi connectivity index (χ2n) is 2.04. The Labute approximate surface area is 76.0 Å². The van der Waals surface area contributed by atoms with Gasteiger partial charge in [0, 0.05) is 5.57 Å². The number of rotatable bonds is 4. The normalized spacial score (nSPS) is 12.5. The molecule has 0 saturated heterocycles. The molecule has 0 aromatic carbocycles. The third-order valence-electron chi connectivity index (χ3n) is 1.25. The summed E-state index contributed by atoms with van der Waals surface area (Å²) < 4.78 is 13.0. The van der Waals surface area contributed by atoms with Crippen LogP contribution < -0.4 is 0 Å². The standard InChI is InChI=1S/C10H8FNO/c1-3-8(7-13)5-10(11)9(4-2)6-12/h3-5,7H,1-2H2/b8-5+,10-9-. The molecule has 0 fully saturated rings. The molecule has 0 rings (SSSR count). The van der Waals surface area contributed by atoms with E-state index in [0.717, 1.165) is 12.2 Å². The number of carbonyl (C=O) groups is 1. The zero-order valence-corrected chi connectivity index (χ0v) is 6.96. The van der Waals surface area contributed by atoms with Gasteiger partial charge in [-0.2, -0.15) is 5.26 Å². The topological polar surface area (TPSA) is 40.9 Å². The van der Waals surface area contributed by atoms with Crippen LogP contribution in [-0.4, -0.2) is 6.29 Å². The average molecular weight is 177 g/mol. The number of halogens is 1. The quantitative estimate of drug-likeness (QED) is 0.286. The Morgan fingerprint density at radius 2 is 2.00 bits per heavy atom. The van der Waals surface area contributed by atoms with Crippen molar-refractivity contribution in [1.29, 1.82) is 5.26 Å². The van der Waals surface area contributed by atoms with Crippen molar-refractivity contribution in [2.45, 2.75) is 0 Å². The molecule has 0 aromatic rings. The van der Waals surface area contributed by atoms with Crippen LogP contribution in [0.25, 0.3) is 0 Å². The third kappa shape index (κ3) is 3.30. The molecule has 0 aliphatic heterocycles. The van der Waals surface area contributed by atoms with Gasteiger partial charge in [-0.15, -0.1) is 0 Å². The van der Waals surface area contributed by atoms with Crippen molar-refractivity contribution in [2.24, 2.45) is 0 Å². The van der Waals surface area contributed by atoms with Gasteiger partial charge in [-0.1, -0.05) is 19.2 Å². The number of nitriles is 1. The van der Waals surface area contributed by atoms with E-state index < -0.39 is 5.83 Å². The molecule has 0 saturated carbocycles. The molecule has 0 amide bonds. The van der Waals surface area contributed by atoms with Crippen LogP contribution in [0, 0.1) is 11.3 Å². The van der Waals surface area contributed by atoms with E-state index in [4.69, 9.17) is 5.26 Å². The Bertz CT molecular complexity index is 321. The van der Waals surface area contributed by atoms with Crippen LogP contribution in [0.3, 0.4) is 0 Å². The van der Waals surface area contributed by atoms with E-state index in [-0.39, 0.29) is 11.1 Å². The van der Waals surface area contributed by atoms with Crippen LogP contribution in [0.15, 0.2) is 48.4 Å². The molecule has 0 radical (unpaired) electrons. The van der Waals surface area contributed by atoms with Gasteiger partial charge in [0.25, 0.3) is 0 Å². The second kappa shape index (κ2) is 5.67. The van der Waals surface area contributed by atoms with Crippen molar-refractivity contribution >= 4 is 6.29 Å².